The van der Waals surface area contributed by atoms with Gasteiger partial charge in [-0.2, -0.15) is 0 Å². The molecule has 0 heterocycles. The molecular weight excluding hydrogens is 528 g/mol. The van der Waals surface area contributed by atoms with Crippen molar-refractivity contribution in [3.63, 3.8) is 0 Å². The number of hydrogen-bond acceptors (Lipinski definition) is 0. The van der Waals surface area contributed by atoms with Crippen LogP contribution in [0.5, 0.6) is 0 Å². The number of hydrogen-bond donors (Lipinski definition) is 0. The van der Waals surface area contributed by atoms with E-state index in [1.165, 1.54) is 66.4 Å². The van der Waals surface area contributed by atoms with Gasteiger partial charge in [-0.1, -0.05) is 170 Å². The molecule has 0 aromatic heterocycles. The maximum Gasteiger partial charge on any atom is -0.0177 e. The minimum Gasteiger partial charge on any atom is -0.0622 e. The van der Waals surface area contributed by atoms with Gasteiger partial charge in [-0.25, -0.2) is 0 Å². The van der Waals surface area contributed by atoms with E-state index in [0.29, 0.717) is 0 Å². The lowest BCUT2D eigenvalue weighted by molar-refractivity contribution is 1.56. The fourth-order valence-electron chi connectivity index (χ4n) is 5.41. The van der Waals surface area contributed by atoms with Crippen LogP contribution in [0.15, 0.2) is 146 Å². The number of fused-ring (bicyclic) bond motifs is 1. The second-order valence-corrected chi connectivity index (χ2v) is 11.2. The highest BCUT2D eigenvalue weighted by atomic mass is 14.1. The summed E-state index contributed by atoms with van der Waals surface area (Å²) in [4.78, 5) is 0. The summed E-state index contributed by atoms with van der Waals surface area (Å²) < 4.78 is 0. The summed E-state index contributed by atoms with van der Waals surface area (Å²) in [6.45, 7) is 4.33. The molecule has 0 atom stereocenters. The molecule has 0 nitrogen and oxygen atoms in total. The van der Waals surface area contributed by atoms with Gasteiger partial charge in [0.15, 0.2) is 0 Å². The molecule has 0 aliphatic carbocycles. The zero-order chi connectivity index (χ0) is 30.1. The second kappa shape index (κ2) is 13.7. The highest BCUT2D eigenvalue weighted by molar-refractivity contribution is 5.91. The first-order valence-corrected chi connectivity index (χ1v) is 15.2. The maximum atomic E-state index is 2.28. The van der Waals surface area contributed by atoms with Gasteiger partial charge in [-0.05, 0) is 92.4 Å². The number of benzene rings is 6. The number of allylic oxidation sites excluding steroid dienone is 2. The molecule has 0 aliphatic heterocycles. The van der Waals surface area contributed by atoms with Crippen molar-refractivity contribution in [1.29, 1.82) is 0 Å². The van der Waals surface area contributed by atoms with Gasteiger partial charge in [0.1, 0.15) is 0 Å². The van der Waals surface area contributed by atoms with E-state index < -0.39 is 0 Å². The van der Waals surface area contributed by atoms with Crippen LogP contribution in [0.2, 0.25) is 0 Å². The fraction of sp³-hybridized carbons (Fsp3) is 0.0455. The van der Waals surface area contributed by atoms with Crippen molar-refractivity contribution in [1.82, 2.24) is 0 Å². The smallest absolute Gasteiger partial charge is 0.0177 e. The molecule has 6 aromatic rings. The largest absolute Gasteiger partial charge is 0.0622 e. The molecule has 6 rings (SSSR count). The Morgan fingerprint density at radius 1 is 0.364 bits per heavy atom. The highest BCUT2D eigenvalue weighted by Crippen LogP contribution is 2.25. The molecule has 44 heavy (non-hydrogen) atoms. The molecule has 0 saturated heterocycles. The van der Waals surface area contributed by atoms with Crippen molar-refractivity contribution >= 4 is 58.4 Å². The lowest BCUT2D eigenvalue weighted by Crippen LogP contribution is -1.84. The summed E-state index contributed by atoms with van der Waals surface area (Å²) >= 11 is 0. The van der Waals surface area contributed by atoms with Crippen LogP contribution in [0.25, 0.3) is 58.4 Å². The van der Waals surface area contributed by atoms with Crippen LogP contribution in [-0.2, 0) is 0 Å². The van der Waals surface area contributed by atoms with E-state index in [0.717, 1.165) is 0 Å². The summed E-state index contributed by atoms with van der Waals surface area (Å²) in [6.07, 6.45) is 13.3. The van der Waals surface area contributed by atoms with Gasteiger partial charge in [-0.3, -0.25) is 0 Å². The van der Waals surface area contributed by atoms with Gasteiger partial charge >= 0.3 is 0 Å². The highest BCUT2D eigenvalue weighted by Gasteiger charge is 2.02. The molecule has 0 saturated carbocycles. The van der Waals surface area contributed by atoms with Crippen molar-refractivity contribution in [2.45, 2.75) is 13.8 Å². The van der Waals surface area contributed by atoms with E-state index >= 15 is 0 Å². The third kappa shape index (κ3) is 7.30. The SMILES string of the molecule is C/C(=C/c1ccc(/C=C\c2cc3ccccc3cc2/C=C\c2ccc(/C=C(/C)c3ccccc3)cc2)cc1)c1ccccc1. The molecule has 0 amide bonds. The van der Waals surface area contributed by atoms with E-state index in [4.69, 9.17) is 0 Å². The van der Waals surface area contributed by atoms with Crippen LogP contribution in [0.1, 0.15) is 58.4 Å². The summed E-state index contributed by atoms with van der Waals surface area (Å²) in [5, 5.41) is 2.48. The van der Waals surface area contributed by atoms with Gasteiger partial charge in [0.2, 0.25) is 0 Å². The molecule has 0 N–H and O–H groups in total. The zero-order valence-corrected chi connectivity index (χ0v) is 25.3. The standard InChI is InChI=1S/C44H36/c1-33(39-11-5-3-6-12-39)29-37-21-17-35(18-22-37)25-27-43-31-41-15-9-10-16-42(41)32-44(43)28-26-36-19-23-38(24-20-36)30-34(2)40-13-7-4-8-14-40/h3-32H,1-2H3/b27-25-,28-26-,33-29-,34-30-. The van der Waals surface area contributed by atoms with Crippen LogP contribution in [-0.4, -0.2) is 0 Å². The molecule has 0 unspecified atom stereocenters. The molecule has 212 valence electrons. The fourth-order valence-corrected chi connectivity index (χ4v) is 5.41. The molecule has 0 bridgehead atoms. The Balaban J connectivity index is 1.22. The van der Waals surface area contributed by atoms with E-state index in [1.54, 1.807) is 0 Å². The molecule has 0 radical (unpaired) electrons. The predicted octanol–water partition coefficient (Wildman–Crippen LogP) is 12.3. The van der Waals surface area contributed by atoms with E-state index in [-0.39, 0.29) is 0 Å². The minimum atomic E-state index is 1.18. The van der Waals surface area contributed by atoms with Gasteiger partial charge in [0, 0.05) is 0 Å². The van der Waals surface area contributed by atoms with Crippen molar-refractivity contribution in [2.75, 3.05) is 0 Å². The maximum absolute atomic E-state index is 2.28. The molecular formula is C44H36. The van der Waals surface area contributed by atoms with Gasteiger partial charge in [0.25, 0.3) is 0 Å². The van der Waals surface area contributed by atoms with E-state index in [1.807, 2.05) is 0 Å². The second-order valence-electron chi connectivity index (χ2n) is 11.2. The van der Waals surface area contributed by atoms with Crippen LogP contribution >= 0.6 is 0 Å². The quantitative estimate of drug-likeness (QED) is 0.161. The van der Waals surface area contributed by atoms with Crippen LogP contribution in [0.4, 0.5) is 0 Å². The van der Waals surface area contributed by atoms with Crippen molar-refractivity contribution in [3.8, 4) is 0 Å². The third-order valence-electron chi connectivity index (χ3n) is 7.96. The van der Waals surface area contributed by atoms with Crippen molar-refractivity contribution < 1.29 is 0 Å². The lowest BCUT2D eigenvalue weighted by atomic mass is 9.98. The Kier molecular flexibility index (Phi) is 8.90. The molecule has 0 spiro atoms. The van der Waals surface area contributed by atoms with Gasteiger partial charge in [-0.15, -0.1) is 0 Å². The van der Waals surface area contributed by atoms with E-state index in [9.17, 15) is 0 Å². The molecule has 0 fully saturated rings. The van der Waals surface area contributed by atoms with Crippen molar-refractivity contribution in [3.05, 3.63) is 190 Å². The van der Waals surface area contributed by atoms with Crippen molar-refractivity contribution in [2.24, 2.45) is 0 Å². The average Bonchev–Trinajstić information content (AvgIpc) is 3.08. The van der Waals surface area contributed by atoms with Crippen LogP contribution in [0, 0.1) is 0 Å². The Labute approximate surface area is 261 Å². The first-order valence-electron chi connectivity index (χ1n) is 15.2. The Morgan fingerprint density at radius 3 is 1.09 bits per heavy atom. The monoisotopic (exact) mass is 564 g/mol. The minimum absolute atomic E-state index is 1.18. The normalized spacial score (nSPS) is 12.4. The Hall–Kier alpha value is -5.46. The lowest BCUT2D eigenvalue weighted by Gasteiger charge is -2.06. The zero-order valence-electron chi connectivity index (χ0n) is 25.3. The first kappa shape index (κ1) is 28.6. The number of rotatable bonds is 8. The average molecular weight is 565 g/mol. The molecule has 0 aliphatic rings. The van der Waals surface area contributed by atoms with Crippen LogP contribution in [0.3, 0.4) is 0 Å². The summed E-state index contributed by atoms with van der Waals surface area (Å²) in [5.74, 6) is 0. The summed E-state index contributed by atoms with van der Waals surface area (Å²) in [6, 6.07) is 51.7. The summed E-state index contributed by atoms with van der Waals surface area (Å²) in [5.41, 5.74) is 12.2. The third-order valence-corrected chi connectivity index (χ3v) is 7.96. The Morgan fingerprint density at radius 2 is 0.705 bits per heavy atom. The Bertz CT molecular complexity index is 1820. The molecule has 0 heteroatoms. The van der Waals surface area contributed by atoms with Gasteiger partial charge < -0.3 is 0 Å². The topological polar surface area (TPSA) is 0 Å². The predicted molar refractivity (Wildman–Crippen MR) is 195 cm³/mol. The van der Waals surface area contributed by atoms with Gasteiger partial charge in [0.05, 0.1) is 0 Å². The van der Waals surface area contributed by atoms with Crippen LogP contribution < -0.4 is 0 Å². The summed E-state index contributed by atoms with van der Waals surface area (Å²) in [7, 11) is 0. The van der Waals surface area contributed by atoms with E-state index in [2.05, 4.69) is 196 Å². The molecule has 6 aromatic carbocycles. The first-order chi connectivity index (χ1) is 21.6.